The van der Waals surface area contributed by atoms with Crippen LogP contribution >= 0.6 is 0 Å². The van der Waals surface area contributed by atoms with Crippen molar-refractivity contribution in [3.8, 4) is 5.75 Å². The molecule has 4 rings (SSSR count). The highest BCUT2D eigenvalue weighted by Crippen LogP contribution is 2.52. The summed E-state index contributed by atoms with van der Waals surface area (Å²) >= 11 is 0. The normalized spacial score (nSPS) is 29.0. The van der Waals surface area contributed by atoms with Gasteiger partial charge in [0.15, 0.2) is 11.4 Å². The Morgan fingerprint density at radius 2 is 1.94 bits per heavy atom. The summed E-state index contributed by atoms with van der Waals surface area (Å²) < 4.78 is 13.1. The number of anilines is 1. The number of hydrogen-bond acceptors (Lipinski definition) is 9. The number of likely N-dealkylation sites (N-methyl/N-ethyl adjacent to an activating group) is 1. The molecule has 188 valence electrons. The molecule has 11 heteroatoms. The molecular formula is C24H28FN3O7. The zero-order valence-corrected chi connectivity index (χ0v) is 19.5. The van der Waals surface area contributed by atoms with Gasteiger partial charge in [-0.25, -0.2) is 4.39 Å². The molecule has 3 aliphatic carbocycles. The van der Waals surface area contributed by atoms with Crippen molar-refractivity contribution in [1.29, 1.82) is 0 Å². The highest BCUT2D eigenvalue weighted by molar-refractivity contribution is 6.24. The number of aliphatic hydroxyl groups is 3. The number of aromatic hydroxyl groups is 1. The minimum atomic E-state index is -2.68. The minimum absolute atomic E-state index is 0.0144. The van der Waals surface area contributed by atoms with E-state index in [0.29, 0.717) is 11.3 Å². The van der Waals surface area contributed by atoms with Crippen LogP contribution in [0, 0.1) is 11.8 Å². The van der Waals surface area contributed by atoms with Crippen LogP contribution in [0.3, 0.4) is 0 Å². The summed E-state index contributed by atoms with van der Waals surface area (Å²) in [5.74, 6) is -7.07. The molecule has 1 aromatic rings. The molecule has 1 amide bonds. The van der Waals surface area contributed by atoms with E-state index in [9.17, 15) is 39.2 Å². The lowest BCUT2D eigenvalue weighted by atomic mass is 9.58. The fraction of sp³-hybridized carbons (Fsp3) is 0.458. The van der Waals surface area contributed by atoms with Gasteiger partial charge in [0, 0.05) is 17.2 Å². The summed E-state index contributed by atoms with van der Waals surface area (Å²) in [5, 5.41) is 47.0. The molecule has 1 aromatic carbocycles. The number of fused-ring (bicyclic) bond motifs is 3. The van der Waals surface area contributed by atoms with Gasteiger partial charge in [-0.15, -0.1) is 0 Å². The Bertz CT molecular complexity index is 1210. The predicted octanol–water partition coefficient (Wildman–Crippen LogP) is 0.890. The van der Waals surface area contributed by atoms with Crippen LogP contribution in [0.15, 0.2) is 34.8 Å². The first-order valence-corrected chi connectivity index (χ1v) is 11.2. The van der Waals surface area contributed by atoms with Gasteiger partial charge in [-0.05, 0) is 57.5 Å². The molecule has 5 atom stereocenters. The molecule has 1 unspecified atom stereocenters. The molecule has 0 fully saturated rings. The number of halogens is 1. The lowest BCUT2D eigenvalue weighted by molar-refractivity contribution is -0.148. The van der Waals surface area contributed by atoms with Crippen LogP contribution in [0.2, 0.25) is 0 Å². The quantitative estimate of drug-likeness (QED) is 0.259. The summed E-state index contributed by atoms with van der Waals surface area (Å²) in [7, 11) is 3.12. The number of amides is 1. The Labute approximate surface area is 200 Å². The number of allylic oxidation sites excluding steroid dienone is 1. The van der Waals surface area contributed by atoms with Crippen molar-refractivity contribution in [1.82, 2.24) is 4.90 Å². The smallest absolute Gasteiger partial charge is 0.255 e. The van der Waals surface area contributed by atoms with Gasteiger partial charge in [-0.2, -0.15) is 0 Å². The number of phenolic OH excluding ortho intramolecular Hbond substituents is 1. The number of hydrogen-bond donors (Lipinski definition) is 6. The first kappa shape index (κ1) is 24.7. The molecular weight excluding hydrogens is 461 g/mol. The van der Waals surface area contributed by atoms with Crippen molar-refractivity contribution in [3.05, 3.63) is 45.9 Å². The molecule has 0 saturated heterocycles. The fourth-order valence-corrected chi connectivity index (χ4v) is 5.69. The molecule has 0 spiro atoms. The molecule has 0 heterocycles. The Morgan fingerprint density at radius 3 is 2.51 bits per heavy atom. The number of phenols is 1. The highest BCUT2D eigenvalue weighted by atomic mass is 19.1. The SMILES string of the molecule is CC(CF)Nc1ccc(O)c2c1C[C@H]1C[C@H]3[C@H](N(C)C)C(O)=C(C(N)=O)C(=O)[C@@]3(O)C(O)=C1C2=O. The summed E-state index contributed by atoms with van der Waals surface area (Å²) in [6, 6.07) is 1.17. The zero-order valence-electron chi connectivity index (χ0n) is 19.5. The first-order valence-electron chi connectivity index (χ1n) is 11.2. The lowest BCUT2D eigenvalue weighted by Gasteiger charge is -2.50. The predicted molar refractivity (Wildman–Crippen MR) is 123 cm³/mol. The molecule has 0 saturated carbocycles. The van der Waals surface area contributed by atoms with Crippen LogP contribution in [-0.4, -0.2) is 81.3 Å². The topological polar surface area (TPSA) is 173 Å². The fourth-order valence-electron chi connectivity index (χ4n) is 5.69. The number of aliphatic hydroxyl groups excluding tert-OH is 2. The van der Waals surface area contributed by atoms with Crippen molar-refractivity contribution in [2.24, 2.45) is 17.6 Å². The highest BCUT2D eigenvalue weighted by Gasteiger charge is 2.63. The van der Waals surface area contributed by atoms with E-state index < -0.39 is 70.8 Å². The van der Waals surface area contributed by atoms with Gasteiger partial charge in [0.25, 0.3) is 5.91 Å². The number of rotatable bonds is 5. The van der Waals surface area contributed by atoms with Gasteiger partial charge in [-0.3, -0.25) is 19.3 Å². The lowest BCUT2D eigenvalue weighted by Crippen LogP contribution is -2.63. The minimum Gasteiger partial charge on any atom is -0.510 e. The number of carbonyl (C=O) groups excluding carboxylic acids is 3. The Morgan fingerprint density at radius 1 is 1.29 bits per heavy atom. The number of carbonyl (C=O) groups is 3. The number of ketones is 2. The second-order valence-corrected chi connectivity index (χ2v) is 9.65. The van der Waals surface area contributed by atoms with E-state index >= 15 is 0 Å². The average Bonchev–Trinajstić information content (AvgIpc) is 2.77. The zero-order chi connectivity index (χ0) is 26.0. The van der Waals surface area contributed by atoms with Crippen LogP contribution in [0.4, 0.5) is 10.1 Å². The van der Waals surface area contributed by atoms with Crippen LogP contribution < -0.4 is 11.1 Å². The molecule has 0 aromatic heterocycles. The van der Waals surface area contributed by atoms with Crippen LogP contribution in [0.5, 0.6) is 5.75 Å². The monoisotopic (exact) mass is 489 g/mol. The second kappa shape index (κ2) is 8.35. The summed E-state index contributed by atoms with van der Waals surface area (Å²) in [5.41, 5.74) is 2.27. The third kappa shape index (κ3) is 3.41. The van der Waals surface area contributed by atoms with E-state index in [1.165, 1.54) is 17.0 Å². The number of primary amides is 1. The van der Waals surface area contributed by atoms with Gasteiger partial charge in [0.1, 0.15) is 29.5 Å². The van der Waals surface area contributed by atoms with E-state index in [2.05, 4.69) is 5.32 Å². The summed E-state index contributed by atoms with van der Waals surface area (Å²) in [4.78, 5) is 40.2. The Kier molecular flexibility index (Phi) is 5.89. The molecule has 35 heavy (non-hydrogen) atoms. The van der Waals surface area contributed by atoms with Gasteiger partial charge < -0.3 is 31.5 Å². The van der Waals surface area contributed by atoms with Crippen LogP contribution in [-0.2, 0) is 16.0 Å². The van der Waals surface area contributed by atoms with Crippen molar-refractivity contribution in [2.45, 2.75) is 37.5 Å². The maximum absolute atomic E-state index is 13.5. The van der Waals surface area contributed by atoms with E-state index in [1.807, 2.05) is 0 Å². The third-order valence-electron chi connectivity index (χ3n) is 7.24. The van der Waals surface area contributed by atoms with Gasteiger partial charge in [-0.1, -0.05) is 0 Å². The van der Waals surface area contributed by atoms with Crippen molar-refractivity contribution < 1.29 is 39.2 Å². The maximum Gasteiger partial charge on any atom is 0.255 e. The van der Waals surface area contributed by atoms with Crippen molar-refractivity contribution >= 4 is 23.2 Å². The number of benzene rings is 1. The van der Waals surface area contributed by atoms with E-state index in [1.54, 1.807) is 21.0 Å². The first-order chi connectivity index (χ1) is 16.4. The Balaban J connectivity index is 1.92. The molecule has 10 nitrogen and oxygen atoms in total. The summed E-state index contributed by atoms with van der Waals surface area (Å²) in [6.45, 7) is 0.942. The number of nitrogens with two attached hydrogens (primary N) is 1. The third-order valence-corrected chi connectivity index (χ3v) is 7.24. The second-order valence-electron chi connectivity index (χ2n) is 9.65. The molecule has 0 bridgehead atoms. The van der Waals surface area contributed by atoms with Crippen LogP contribution in [0.1, 0.15) is 29.3 Å². The molecule has 7 N–H and O–H groups in total. The molecule has 3 aliphatic rings. The standard InChI is InChI=1S/C24H28FN3O7/c1-9(8-25)27-13-4-5-14(29)16-11(13)6-10-7-12-18(28(2)3)20(31)17(23(26)34)22(33)24(12,35)21(32)15(10)19(16)30/h4-5,9-10,12,18,27,29,31-32,35H,6-8H2,1-3H3,(H2,26,34)/t9?,10-,12-,18-,24-/m0/s1. The number of Topliss-reactive ketones (excluding diaryl/α,β-unsaturated/α-hetero) is 2. The van der Waals surface area contributed by atoms with Gasteiger partial charge in [0.05, 0.1) is 17.6 Å². The Hall–Kier alpha value is -3.44. The molecule has 0 aliphatic heterocycles. The van der Waals surface area contributed by atoms with Gasteiger partial charge >= 0.3 is 0 Å². The van der Waals surface area contributed by atoms with Crippen LogP contribution in [0.25, 0.3) is 0 Å². The van der Waals surface area contributed by atoms with E-state index in [4.69, 9.17) is 5.73 Å². The maximum atomic E-state index is 13.5. The number of alkyl halides is 1. The summed E-state index contributed by atoms with van der Waals surface area (Å²) in [6.07, 6.45) is 0.115. The van der Waals surface area contributed by atoms with E-state index in [-0.39, 0.29) is 29.7 Å². The number of nitrogens with zero attached hydrogens (tertiary/aromatic N) is 1. The van der Waals surface area contributed by atoms with Gasteiger partial charge in [0.2, 0.25) is 5.78 Å². The average molecular weight is 490 g/mol. The largest absolute Gasteiger partial charge is 0.510 e. The van der Waals surface area contributed by atoms with Crippen molar-refractivity contribution in [3.63, 3.8) is 0 Å². The van der Waals surface area contributed by atoms with E-state index in [0.717, 1.165) is 0 Å². The molecule has 0 radical (unpaired) electrons. The number of nitrogens with one attached hydrogen (secondary N) is 1. The van der Waals surface area contributed by atoms with Crippen molar-refractivity contribution in [2.75, 3.05) is 26.1 Å².